The Hall–Kier alpha value is -2.15. The summed E-state index contributed by atoms with van der Waals surface area (Å²) in [4.78, 5) is 20.8. The van der Waals surface area contributed by atoms with Crippen LogP contribution in [-0.4, -0.2) is 52.9 Å². The number of nitrogens with one attached hydrogen (secondary N) is 1. The molecule has 0 bridgehead atoms. The molecule has 1 N–H and O–H groups in total. The van der Waals surface area contributed by atoms with Gasteiger partial charge in [0.05, 0.1) is 11.5 Å². The lowest BCUT2D eigenvalue weighted by molar-refractivity contribution is -0.120. The van der Waals surface area contributed by atoms with E-state index in [-0.39, 0.29) is 24.5 Å². The number of allylic oxidation sites excluding steroid dienone is 3. The van der Waals surface area contributed by atoms with E-state index >= 15 is 0 Å². The lowest BCUT2D eigenvalue weighted by Crippen LogP contribution is -2.32. The number of aliphatic imine (C=N–C) groups is 2. The Morgan fingerprint density at radius 2 is 2.22 bits per heavy atom. The maximum Gasteiger partial charge on any atom is 0.225 e. The molecule has 2 unspecified atom stereocenters. The molecule has 1 aliphatic rings. The average Bonchev–Trinajstić information content (AvgIpc) is 2.59. The lowest BCUT2D eigenvalue weighted by Gasteiger charge is -2.27. The first-order chi connectivity index (χ1) is 12.8. The van der Waals surface area contributed by atoms with Gasteiger partial charge in [-0.25, -0.2) is 5.01 Å². The third kappa shape index (κ3) is 7.95. The van der Waals surface area contributed by atoms with Crippen LogP contribution in [0, 0.1) is 0 Å². The Morgan fingerprint density at radius 1 is 1.52 bits per heavy atom. The molecule has 7 heteroatoms. The largest absolute Gasteiger partial charge is 0.350 e. The van der Waals surface area contributed by atoms with E-state index in [4.69, 9.17) is 0 Å². The van der Waals surface area contributed by atoms with Gasteiger partial charge in [0.15, 0.2) is 0 Å². The van der Waals surface area contributed by atoms with E-state index in [9.17, 15) is 4.79 Å². The molecular formula is C20H31N5OS. The molecule has 0 aromatic heterocycles. The summed E-state index contributed by atoms with van der Waals surface area (Å²) in [5, 5.41) is 10.0. The van der Waals surface area contributed by atoms with Crippen molar-refractivity contribution in [1.82, 2.24) is 10.3 Å². The fraction of sp³-hybridized carbons (Fsp3) is 0.500. The zero-order valence-corrected chi connectivity index (χ0v) is 18.0. The van der Waals surface area contributed by atoms with Crippen LogP contribution in [0.4, 0.5) is 0 Å². The molecular weight excluding hydrogens is 358 g/mol. The highest BCUT2D eigenvalue weighted by atomic mass is 32.2. The third-order valence-electron chi connectivity index (χ3n) is 3.74. The lowest BCUT2D eigenvalue weighted by atomic mass is 10.2. The van der Waals surface area contributed by atoms with E-state index in [0.29, 0.717) is 0 Å². The fourth-order valence-electron chi connectivity index (χ4n) is 2.58. The number of hydrogen-bond donors (Lipinski definition) is 1. The van der Waals surface area contributed by atoms with E-state index < -0.39 is 0 Å². The van der Waals surface area contributed by atoms with Crippen molar-refractivity contribution >= 4 is 34.6 Å². The van der Waals surface area contributed by atoms with Gasteiger partial charge in [0, 0.05) is 30.7 Å². The summed E-state index contributed by atoms with van der Waals surface area (Å²) in [7, 11) is 1.76. The first kappa shape index (κ1) is 22.9. The van der Waals surface area contributed by atoms with Crippen molar-refractivity contribution in [2.24, 2.45) is 15.1 Å². The molecule has 0 aliphatic carbocycles. The summed E-state index contributed by atoms with van der Waals surface area (Å²) >= 11 is 1.65. The van der Waals surface area contributed by atoms with Gasteiger partial charge >= 0.3 is 0 Å². The van der Waals surface area contributed by atoms with Crippen LogP contribution in [0.5, 0.6) is 0 Å². The van der Waals surface area contributed by atoms with Gasteiger partial charge in [0.25, 0.3) is 0 Å². The Kier molecular flexibility index (Phi) is 9.78. The molecule has 0 saturated carbocycles. The molecule has 27 heavy (non-hydrogen) atoms. The van der Waals surface area contributed by atoms with E-state index in [1.54, 1.807) is 25.0 Å². The molecule has 2 atom stereocenters. The second kappa shape index (κ2) is 11.5. The van der Waals surface area contributed by atoms with Crippen LogP contribution in [0.3, 0.4) is 0 Å². The topological polar surface area (TPSA) is 69.4 Å². The Labute approximate surface area is 167 Å². The van der Waals surface area contributed by atoms with Crippen LogP contribution in [-0.2, 0) is 4.79 Å². The molecule has 6 nitrogen and oxygen atoms in total. The zero-order chi connectivity index (χ0) is 20.4. The number of carbonyl (C=O) groups is 1. The number of carbonyl (C=O) groups excluding carboxylic acids is 1. The standard InChI is InChI=1S/C20H31N5OS/c1-8-27-20(21-7)14(2)9-10-15(3)24-19(26)11-12-22-25-17(5)13-16(4)23-18(25)6/h9-10,12-13,15,18H,2,8,11H2,1,3-7H3,(H,24,26)/b10-9-,21-20?,22-12-. The van der Waals surface area contributed by atoms with Gasteiger partial charge in [-0.05, 0) is 45.1 Å². The zero-order valence-electron chi connectivity index (χ0n) is 17.2. The number of thioether (sulfide) groups is 1. The van der Waals surface area contributed by atoms with Gasteiger partial charge in [0.2, 0.25) is 5.91 Å². The monoisotopic (exact) mass is 389 g/mol. The van der Waals surface area contributed by atoms with Gasteiger partial charge in [0.1, 0.15) is 6.17 Å². The molecule has 0 radical (unpaired) electrons. The molecule has 1 heterocycles. The average molecular weight is 390 g/mol. The summed E-state index contributed by atoms with van der Waals surface area (Å²) in [6, 6.07) is -0.102. The van der Waals surface area contributed by atoms with Gasteiger partial charge in [-0.15, -0.1) is 11.8 Å². The number of amides is 1. The van der Waals surface area contributed by atoms with E-state index in [0.717, 1.165) is 27.8 Å². The van der Waals surface area contributed by atoms with Crippen LogP contribution >= 0.6 is 11.8 Å². The van der Waals surface area contributed by atoms with Crippen molar-refractivity contribution in [3.8, 4) is 0 Å². The fourth-order valence-corrected chi connectivity index (χ4v) is 3.24. The smallest absolute Gasteiger partial charge is 0.225 e. The molecule has 0 aromatic carbocycles. The molecule has 1 aliphatic heterocycles. The maximum absolute atomic E-state index is 12.1. The second-order valence-electron chi connectivity index (χ2n) is 6.24. The van der Waals surface area contributed by atoms with Crippen LogP contribution in [0.25, 0.3) is 0 Å². The minimum absolute atomic E-state index is 0.0578. The van der Waals surface area contributed by atoms with E-state index in [2.05, 4.69) is 33.9 Å². The minimum atomic E-state index is -0.102. The predicted molar refractivity (Wildman–Crippen MR) is 119 cm³/mol. The van der Waals surface area contributed by atoms with Crippen molar-refractivity contribution < 1.29 is 4.79 Å². The summed E-state index contributed by atoms with van der Waals surface area (Å²) in [6.07, 6.45) is 7.56. The van der Waals surface area contributed by atoms with Crippen LogP contribution in [0.15, 0.2) is 51.2 Å². The summed E-state index contributed by atoms with van der Waals surface area (Å²) < 4.78 is 0. The Balaban J connectivity index is 2.49. The summed E-state index contributed by atoms with van der Waals surface area (Å²) in [5.74, 6) is 0.861. The first-order valence-electron chi connectivity index (χ1n) is 9.09. The van der Waals surface area contributed by atoms with Crippen molar-refractivity contribution in [1.29, 1.82) is 0 Å². The Morgan fingerprint density at radius 3 is 2.81 bits per heavy atom. The van der Waals surface area contributed by atoms with Crippen molar-refractivity contribution in [3.05, 3.63) is 36.1 Å². The number of hydrogen-bond acceptors (Lipinski definition) is 6. The van der Waals surface area contributed by atoms with Crippen LogP contribution < -0.4 is 5.32 Å². The van der Waals surface area contributed by atoms with Crippen LogP contribution in [0.2, 0.25) is 0 Å². The van der Waals surface area contributed by atoms with E-state index in [1.165, 1.54) is 0 Å². The highest BCUT2D eigenvalue weighted by Crippen LogP contribution is 2.16. The molecule has 1 amide bonds. The Bertz CT molecular complexity index is 690. The van der Waals surface area contributed by atoms with E-state index in [1.807, 2.05) is 50.9 Å². The molecule has 0 aromatic rings. The van der Waals surface area contributed by atoms with Gasteiger partial charge in [-0.2, -0.15) is 5.10 Å². The summed E-state index contributed by atoms with van der Waals surface area (Å²) in [6.45, 7) is 13.9. The predicted octanol–water partition coefficient (Wildman–Crippen LogP) is 3.79. The number of rotatable bonds is 8. The molecule has 0 saturated heterocycles. The van der Waals surface area contributed by atoms with Gasteiger partial charge in [-0.1, -0.05) is 25.7 Å². The number of hydrazone groups is 1. The normalized spacial score (nSPS) is 19.3. The van der Waals surface area contributed by atoms with Gasteiger partial charge < -0.3 is 5.32 Å². The molecule has 0 fully saturated rings. The third-order valence-corrected chi connectivity index (χ3v) is 4.75. The SMILES string of the molecule is C=C(/C=C\C(C)NC(=O)C/C=N\N1C(C)=CC(C)=NC1C)C(=NC)SCC. The molecule has 0 spiro atoms. The molecule has 1 rings (SSSR count). The number of nitrogens with zero attached hydrogens (tertiary/aromatic N) is 4. The first-order valence-corrected chi connectivity index (χ1v) is 10.1. The quantitative estimate of drug-likeness (QED) is 0.390. The van der Waals surface area contributed by atoms with Crippen molar-refractivity contribution in [3.63, 3.8) is 0 Å². The molecule has 148 valence electrons. The minimum Gasteiger partial charge on any atom is -0.350 e. The highest BCUT2D eigenvalue weighted by Gasteiger charge is 2.16. The van der Waals surface area contributed by atoms with Gasteiger partial charge in [-0.3, -0.25) is 14.8 Å². The highest BCUT2D eigenvalue weighted by molar-refractivity contribution is 8.14. The summed E-state index contributed by atoms with van der Waals surface area (Å²) in [5.41, 5.74) is 2.85. The van der Waals surface area contributed by atoms with Crippen LogP contribution in [0.1, 0.15) is 41.0 Å². The second-order valence-corrected chi connectivity index (χ2v) is 7.49. The van der Waals surface area contributed by atoms with Crippen molar-refractivity contribution in [2.45, 2.75) is 53.2 Å². The van der Waals surface area contributed by atoms with Crippen molar-refractivity contribution in [2.75, 3.05) is 12.8 Å². The maximum atomic E-state index is 12.1.